The minimum Gasteiger partial charge on any atom is -0.476 e. The van der Waals surface area contributed by atoms with Crippen molar-refractivity contribution in [2.75, 3.05) is 20.3 Å². The highest BCUT2D eigenvalue weighted by atomic mass is 32.2. The van der Waals surface area contributed by atoms with E-state index < -0.39 is 21.7 Å². The lowest BCUT2D eigenvalue weighted by molar-refractivity contribution is 0.0686. The van der Waals surface area contributed by atoms with Gasteiger partial charge in [-0.15, -0.1) is 0 Å². The van der Waals surface area contributed by atoms with E-state index in [1.165, 1.54) is 18.3 Å². The van der Waals surface area contributed by atoms with Crippen molar-refractivity contribution in [1.82, 2.24) is 14.5 Å². The first-order valence-electron chi connectivity index (χ1n) is 6.56. The number of aromatic nitrogens is 2. The van der Waals surface area contributed by atoms with E-state index in [4.69, 9.17) is 9.84 Å². The summed E-state index contributed by atoms with van der Waals surface area (Å²) in [6.07, 6.45) is 0.599. The number of H-pyrrole nitrogens is 1. The topological polar surface area (TPSA) is 113 Å². The van der Waals surface area contributed by atoms with Gasteiger partial charge in [0.2, 0.25) is 10.0 Å². The van der Waals surface area contributed by atoms with Crippen LogP contribution in [0.3, 0.4) is 0 Å². The molecule has 21 heavy (non-hydrogen) atoms. The number of nitrogens with zero attached hydrogens (tertiary/aromatic N) is 2. The Bertz CT molecular complexity index is 596. The van der Waals surface area contributed by atoms with E-state index in [1.54, 1.807) is 6.92 Å². The van der Waals surface area contributed by atoms with Crippen molar-refractivity contribution in [2.24, 2.45) is 0 Å². The Kier molecular flexibility index (Phi) is 5.87. The summed E-state index contributed by atoms with van der Waals surface area (Å²) in [6, 6.07) is -0.277. The minimum absolute atomic E-state index is 0.150. The number of aromatic amines is 1. The molecule has 1 unspecified atom stereocenters. The fourth-order valence-corrected chi connectivity index (χ4v) is 3.94. The zero-order valence-corrected chi connectivity index (χ0v) is 13.4. The van der Waals surface area contributed by atoms with Crippen LogP contribution in [-0.2, 0) is 14.8 Å². The van der Waals surface area contributed by atoms with Gasteiger partial charge >= 0.3 is 5.97 Å². The lowest BCUT2D eigenvalue weighted by atomic mass is 10.3. The standard InChI is InChI=1S/C12H21N3O5S/c1-5-8(2)15(6-7-20-4)21(18,19)11-9(3)13-14-10(11)12(16)17/h8H,5-7H2,1-4H3,(H,13,14)(H,16,17). The third kappa shape index (κ3) is 3.60. The number of hydrogen-bond acceptors (Lipinski definition) is 5. The molecule has 9 heteroatoms. The molecular formula is C12H21N3O5S. The largest absolute Gasteiger partial charge is 0.476 e. The third-order valence-electron chi connectivity index (χ3n) is 3.26. The van der Waals surface area contributed by atoms with Crippen molar-refractivity contribution in [2.45, 2.75) is 38.1 Å². The number of rotatable bonds is 8. The maximum absolute atomic E-state index is 12.8. The molecule has 1 rings (SSSR count). The number of carboxylic acid groups (broad SMARTS) is 1. The number of nitrogens with one attached hydrogen (secondary N) is 1. The van der Waals surface area contributed by atoms with Crippen molar-refractivity contribution >= 4 is 16.0 Å². The van der Waals surface area contributed by atoms with E-state index in [0.717, 1.165) is 0 Å². The predicted octanol–water partition coefficient (Wildman–Crippen LogP) is 0.852. The lowest BCUT2D eigenvalue weighted by Crippen LogP contribution is -2.41. The van der Waals surface area contributed by atoms with Crippen LogP contribution in [0.5, 0.6) is 0 Å². The summed E-state index contributed by atoms with van der Waals surface area (Å²) in [5.74, 6) is -1.38. The molecule has 0 bridgehead atoms. The minimum atomic E-state index is -3.97. The molecule has 0 aliphatic carbocycles. The normalized spacial score (nSPS) is 13.6. The summed E-state index contributed by atoms with van der Waals surface area (Å²) in [5.41, 5.74) is -0.281. The van der Waals surface area contributed by atoms with Gasteiger partial charge in [-0.3, -0.25) is 5.10 Å². The maximum Gasteiger partial charge on any atom is 0.357 e. The number of sulfonamides is 1. The first kappa shape index (κ1) is 17.6. The van der Waals surface area contributed by atoms with E-state index in [1.807, 2.05) is 6.92 Å². The Balaban J connectivity index is 3.35. The van der Waals surface area contributed by atoms with E-state index >= 15 is 0 Å². The monoisotopic (exact) mass is 319 g/mol. The summed E-state index contributed by atoms with van der Waals surface area (Å²) in [6.45, 7) is 5.49. The van der Waals surface area contributed by atoms with Gasteiger partial charge in [-0.25, -0.2) is 13.2 Å². The molecule has 1 aromatic rings. The number of aromatic carboxylic acids is 1. The first-order valence-corrected chi connectivity index (χ1v) is 8.00. The summed E-state index contributed by atoms with van der Waals surface area (Å²) < 4.78 is 31.8. The molecular weight excluding hydrogens is 298 g/mol. The van der Waals surface area contributed by atoms with Crippen LogP contribution in [0.4, 0.5) is 0 Å². The molecule has 120 valence electrons. The third-order valence-corrected chi connectivity index (χ3v) is 5.43. The molecule has 0 spiro atoms. The van der Waals surface area contributed by atoms with Gasteiger partial charge in [-0.05, 0) is 20.3 Å². The Labute approximate surface area is 124 Å². The molecule has 1 atom stereocenters. The van der Waals surface area contributed by atoms with Gasteiger partial charge in [0.25, 0.3) is 0 Å². The quantitative estimate of drug-likeness (QED) is 0.734. The molecule has 0 radical (unpaired) electrons. The number of aryl methyl sites for hydroxylation is 1. The fraction of sp³-hybridized carbons (Fsp3) is 0.667. The molecule has 0 saturated carbocycles. The zero-order chi connectivity index (χ0) is 16.2. The molecule has 1 heterocycles. The summed E-state index contributed by atoms with van der Waals surface area (Å²) in [4.78, 5) is 10.9. The van der Waals surface area contributed by atoms with Crippen molar-refractivity contribution in [3.8, 4) is 0 Å². The molecule has 0 fully saturated rings. The van der Waals surface area contributed by atoms with Crippen LogP contribution in [0, 0.1) is 6.92 Å². The highest BCUT2D eigenvalue weighted by Gasteiger charge is 2.35. The Morgan fingerprint density at radius 3 is 2.62 bits per heavy atom. The van der Waals surface area contributed by atoms with E-state index in [2.05, 4.69) is 10.2 Å². The smallest absolute Gasteiger partial charge is 0.357 e. The number of carbonyl (C=O) groups is 1. The average molecular weight is 319 g/mol. The van der Waals surface area contributed by atoms with Crippen molar-refractivity contribution in [3.63, 3.8) is 0 Å². The van der Waals surface area contributed by atoms with Crippen LogP contribution >= 0.6 is 0 Å². The second-order valence-corrected chi connectivity index (χ2v) is 6.52. The molecule has 0 aliphatic heterocycles. The number of carboxylic acids is 1. The SMILES string of the molecule is CCC(C)N(CCOC)S(=O)(=O)c1c(C(=O)O)n[nH]c1C. The molecule has 0 aliphatic rings. The van der Waals surface area contributed by atoms with Crippen LogP contribution in [0.25, 0.3) is 0 Å². The van der Waals surface area contributed by atoms with Crippen molar-refractivity contribution in [1.29, 1.82) is 0 Å². The van der Waals surface area contributed by atoms with E-state index in [0.29, 0.717) is 6.42 Å². The summed E-state index contributed by atoms with van der Waals surface area (Å²) in [7, 11) is -2.49. The summed E-state index contributed by atoms with van der Waals surface area (Å²) in [5, 5.41) is 15.1. The van der Waals surface area contributed by atoms with Crippen molar-refractivity contribution < 1.29 is 23.1 Å². The molecule has 0 aromatic carbocycles. The van der Waals surface area contributed by atoms with Crippen LogP contribution < -0.4 is 0 Å². The Morgan fingerprint density at radius 2 is 2.14 bits per heavy atom. The number of methoxy groups -OCH3 is 1. The van der Waals surface area contributed by atoms with Crippen LogP contribution in [0.2, 0.25) is 0 Å². The van der Waals surface area contributed by atoms with Gasteiger partial charge in [-0.2, -0.15) is 9.40 Å². The average Bonchev–Trinajstić information content (AvgIpc) is 2.81. The first-order chi connectivity index (χ1) is 9.77. The summed E-state index contributed by atoms with van der Waals surface area (Å²) >= 11 is 0. The van der Waals surface area contributed by atoms with Gasteiger partial charge in [0.15, 0.2) is 5.69 Å². The zero-order valence-electron chi connectivity index (χ0n) is 12.6. The van der Waals surface area contributed by atoms with E-state index in [-0.39, 0.29) is 29.8 Å². The van der Waals surface area contributed by atoms with Crippen LogP contribution in [-0.4, -0.2) is 60.3 Å². The Hall–Kier alpha value is -1.45. The number of hydrogen-bond donors (Lipinski definition) is 2. The highest BCUT2D eigenvalue weighted by Crippen LogP contribution is 2.24. The van der Waals surface area contributed by atoms with Gasteiger partial charge in [0.05, 0.1) is 12.3 Å². The van der Waals surface area contributed by atoms with Crippen LogP contribution in [0.15, 0.2) is 4.90 Å². The van der Waals surface area contributed by atoms with E-state index in [9.17, 15) is 13.2 Å². The van der Waals surface area contributed by atoms with Gasteiger partial charge < -0.3 is 9.84 Å². The lowest BCUT2D eigenvalue weighted by Gasteiger charge is -2.27. The molecule has 8 nitrogen and oxygen atoms in total. The molecule has 2 N–H and O–H groups in total. The Morgan fingerprint density at radius 1 is 1.52 bits per heavy atom. The predicted molar refractivity (Wildman–Crippen MR) is 75.8 cm³/mol. The maximum atomic E-state index is 12.8. The van der Waals surface area contributed by atoms with Gasteiger partial charge in [-0.1, -0.05) is 6.92 Å². The number of ether oxygens (including phenoxy) is 1. The second kappa shape index (κ2) is 7.01. The molecule has 1 aromatic heterocycles. The van der Waals surface area contributed by atoms with Crippen molar-refractivity contribution in [3.05, 3.63) is 11.4 Å². The second-order valence-electron chi connectivity index (χ2n) is 4.70. The van der Waals surface area contributed by atoms with Crippen LogP contribution in [0.1, 0.15) is 36.5 Å². The molecule has 0 saturated heterocycles. The van der Waals surface area contributed by atoms with Gasteiger partial charge in [0, 0.05) is 19.7 Å². The molecule has 0 amide bonds. The highest BCUT2D eigenvalue weighted by molar-refractivity contribution is 7.89. The fourth-order valence-electron chi connectivity index (χ4n) is 1.96. The van der Waals surface area contributed by atoms with Gasteiger partial charge in [0.1, 0.15) is 4.90 Å².